The van der Waals surface area contributed by atoms with Gasteiger partial charge in [0.1, 0.15) is 5.75 Å². The number of hydrogen-bond donors (Lipinski definition) is 1. The van der Waals surface area contributed by atoms with Crippen LogP contribution in [-0.4, -0.2) is 70.5 Å². The van der Waals surface area contributed by atoms with Gasteiger partial charge >= 0.3 is 5.97 Å². The Hall–Kier alpha value is -4.61. The Bertz CT molecular complexity index is 1330. The maximum absolute atomic E-state index is 12.7. The second kappa shape index (κ2) is 11.8. The number of amides is 4. The zero-order chi connectivity index (χ0) is 28.1. The highest BCUT2D eigenvalue weighted by atomic mass is 16.6. The number of rotatable bonds is 9. The second-order valence-corrected chi connectivity index (χ2v) is 9.51. The lowest BCUT2D eigenvalue weighted by Gasteiger charge is -2.32. The molecule has 204 valence electrons. The van der Waals surface area contributed by atoms with Crippen LogP contribution in [0.25, 0.3) is 0 Å². The molecule has 0 radical (unpaired) electrons. The van der Waals surface area contributed by atoms with E-state index in [9.17, 15) is 34.1 Å². The Morgan fingerprint density at radius 3 is 2.46 bits per heavy atom. The normalized spacial score (nSPS) is 15.2. The van der Waals surface area contributed by atoms with Crippen LogP contribution in [0.3, 0.4) is 0 Å². The third kappa shape index (κ3) is 6.46. The Morgan fingerprint density at radius 2 is 1.77 bits per heavy atom. The maximum atomic E-state index is 12.7. The van der Waals surface area contributed by atoms with Gasteiger partial charge in [0, 0.05) is 57.2 Å². The molecule has 4 amide bonds. The average Bonchev–Trinajstić information content (AvgIpc) is 3.16. The number of hydrogen-bond acceptors (Lipinski definition) is 8. The quantitative estimate of drug-likeness (QED) is 0.168. The fraction of sp³-hybridized carbons (Fsp3) is 0.370. The van der Waals surface area contributed by atoms with E-state index >= 15 is 0 Å². The molecule has 1 saturated heterocycles. The summed E-state index contributed by atoms with van der Waals surface area (Å²) in [6.07, 6.45) is 1.88. The third-order valence-electron chi connectivity index (χ3n) is 6.81. The van der Waals surface area contributed by atoms with Crippen LogP contribution in [0.2, 0.25) is 0 Å². The number of nitrogens with zero attached hydrogens (tertiary/aromatic N) is 3. The van der Waals surface area contributed by atoms with Crippen molar-refractivity contribution >= 4 is 35.3 Å². The maximum Gasteiger partial charge on any atom is 0.308 e. The molecule has 0 unspecified atom stereocenters. The summed E-state index contributed by atoms with van der Waals surface area (Å²) in [7, 11) is 0. The highest BCUT2D eigenvalue weighted by molar-refractivity contribution is 6.21. The van der Waals surface area contributed by atoms with Crippen molar-refractivity contribution in [3.8, 4) is 5.75 Å². The number of esters is 1. The zero-order valence-corrected chi connectivity index (χ0v) is 21.4. The summed E-state index contributed by atoms with van der Waals surface area (Å²) >= 11 is 0. The Labute approximate surface area is 224 Å². The molecule has 0 bridgehead atoms. The predicted octanol–water partition coefficient (Wildman–Crippen LogP) is 2.56. The monoisotopic (exact) mass is 536 g/mol. The summed E-state index contributed by atoms with van der Waals surface area (Å²) in [6.45, 7) is 2.87. The van der Waals surface area contributed by atoms with E-state index in [-0.39, 0.29) is 53.9 Å². The van der Waals surface area contributed by atoms with Crippen LogP contribution in [0.5, 0.6) is 5.75 Å². The number of likely N-dealkylation sites (tertiary alicyclic amines) is 1. The van der Waals surface area contributed by atoms with Gasteiger partial charge in [-0.1, -0.05) is 6.07 Å². The summed E-state index contributed by atoms with van der Waals surface area (Å²) in [5, 5.41) is 13.9. The van der Waals surface area contributed by atoms with Crippen molar-refractivity contribution in [3.63, 3.8) is 0 Å². The van der Waals surface area contributed by atoms with Crippen LogP contribution in [0.1, 0.15) is 63.7 Å². The summed E-state index contributed by atoms with van der Waals surface area (Å²) < 4.78 is 5.01. The minimum atomic E-state index is -0.623. The SMILES string of the molecule is CC(=O)Oc1cccc(C(=O)NCC2CCN(C(=O)CCCN3C(=O)c4ccc([N+](=O)[O-])cc4C3=O)CC2)c1. The first kappa shape index (κ1) is 27.4. The van der Waals surface area contributed by atoms with Gasteiger partial charge in [0.05, 0.1) is 16.1 Å². The Balaban J connectivity index is 1.19. The molecule has 12 nitrogen and oxygen atoms in total. The van der Waals surface area contributed by atoms with E-state index in [0.29, 0.717) is 30.9 Å². The molecule has 0 spiro atoms. The Morgan fingerprint density at radius 1 is 1.05 bits per heavy atom. The number of piperidine rings is 1. The van der Waals surface area contributed by atoms with E-state index < -0.39 is 22.7 Å². The van der Waals surface area contributed by atoms with E-state index in [1.165, 1.54) is 25.1 Å². The number of non-ortho nitro benzene ring substituents is 1. The number of nitro groups is 1. The average molecular weight is 537 g/mol. The highest BCUT2D eigenvalue weighted by Gasteiger charge is 2.36. The summed E-state index contributed by atoms with van der Waals surface area (Å²) in [5.41, 5.74) is 0.260. The van der Waals surface area contributed by atoms with Gasteiger partial charge in [-0.15, -0.1) is 0 Å². The first-order chi connectivity index (χ1) is 18.6. The molecule has 2 aliphatic heterocycles. The largest absolute Gasteiger partial charge is 0.427 e. The minimum absolute atomic E-state index is 0.00629. The van der Waals surface area contributed by atoms with Crippen LogP contribution in [0, 0.1) is 16.0 Å². The van der Waals surface area contributed by atoms with Crippen LogP contribution in [-0.2, 0) is 9.59 Å². The van der Waals surface area contributed by atoms with Gasteiger partial charge in [-0.25, -0.2) is 0 Å². The molecule has 12 heteroatoms. The van der Waals surface area contributed by atoms with Crippen molar-refractivity contribution < 1.29 is 33.6 Å². The second-order valence-electron chi connectivity index (χ2n) is 9.51. The summed E-state index contributed by atoms with van der Waals surface area (Å²) in [6, 6.07) is 9.95. The van der Waals surface area contributed by atoms with Gasteiger partial charge in [-0.3, -0.25) is 39.0 Å². The fourth-order valence-electron chi connectivity index (χ4n) is 4.73. The number of benzene rings is 2. The molecule has 0 aliphatic carbocycles. The molecule has 2 aliphatic rings. The minimum Gasteiger partial charge on any atom is -0.427 e. The third-order valence-corrected chi connectivity index (χ3v) is 6.81. The number of nitrogens with one attached hydrogen (secondary N) is 1. The van der Waals surface area contributed by atoms with Gasteiger partial charge in [-0.05, 0) is 49.4 Å². The number of fused-ring (bicyclic) bond motifs is 1. The topological polar surface area (TPSA) is 156 Å². The van der Waals surface area contributed by atoms with Gasteiger partial charge < -0.3 is 15.0 Å². The van der Waals surface area contributed by atoms with Crippen LogP contribution in [0.15, 0.2) is 42.5 Å². The van der Waals surface area contributed by atoms with Gasteiger partial charge in [0.15, 0.2) is 0 Å². The molecule has 0 atom stereocenters. The number of imide groups is 1. The lowest BCUT2D eigenvalue weighted by molar-refractivity contribution is -0.384. The van der Waals surface area contributed by atoms with Crippen molar-refractivity contribution in [2.24, 2.45) is 5.92 Å². The predicted molar refractivity (Wildman–Crippen MR) is 137 cm³/mol. The van der Waals surface area contributed by atoms with Crippen molar-refractivity contribution in [1.29, 1.82) is 0 Å². The van der Waals surface area contributed by atoms with Gasteiger partial charge in [0.2, 0.25) is 5.91 Å². The number of carbonyl (C=O) groups excluding carboxylic acids is 5. The van der Waals surface area contributed by atoms with Gasteiger partial charge in [0.25, 0.3) is 23.4 Å². The molecular weight excluding hydrogens is 508 g/mol. The number of carbonyl (C=O) groups is 5. The highest BCUT2D eigenvalue weighted by Crippen LogP contribution is 2.27. The molecule has 0 aromatic heterocycles. The summed E-state index contributed by atoms with van der Waals surface area (Å²) in [5.74, 6) is -1.42. The molecule has 1 N–H and O–H groups in total. The number of ether oxygens (including phenoxy) is 1. The summed E-state index contributed by atoms with van der Waals surface area (Å²) in [4.78, 5) is 74.6. The first-order valence-corrected chi connectivity index (χ1v) is 12.6. The Kier molecular flexibility index (Phi) is 8.33. The lowest BCUT2D eigenvalue weighted by atomic mass is 9.96. The first-order valence-electron chi connectivity index (χ1n) is 12.6. The zero-order valence-electron chi connectivity index (χ0n) is 21.4. The molecule has 2 aromatic carbocycles. The van der Waals surface area contributed by atoms with Crippen LogP contribution < -0.4 is 10.1 Å². The van der Waals surface area contributed by atoms with Crippen LogP contribution >= 0.6 is 0 Å². The van der Waals surface area contributed by atoms with E-state index in [2.05, 4.69) is 5.32 Å². The number of nitro benzene ring substituents is 1. The standard InChI is InChI=1S/C27H28N4O8/c1-17(32)39-21-5-2-4-19(14-21)25(34)28-16-18-9-12-29(13-10-18)24(33)6-3-11-30-26(35)22-8-7-20(31(37)38)15-23(22)27(30)36/h2,4-5,7-8,14-15,18H,3,6,9-13,16H2,1H3,(H,28,34). The lowest BCUT2D eigenvalue weighted by Crippen LogP contribution is -2.41. The van der Waals surface area contributed by atoms with E-state index in [1.807, 2.05) is 0 Å². The van der Waals surface area contributed by atoms with E-state index in [0.717, 1.165) is 23.8 Å². The van der Waals surface area contributed by atoms with E-state index in [1.54, 1.807) is 23.1 Å². The van der Waals surface area contributed by atoms with Crippen molar-refractivity contribution in [3.05, 3.63) is 69.3 Å². The molecular formula is C27H28N4O8. The fourth-order valence-corrected chi connectivity index (χ4v) is 4.73. The van der Waals surface area contributed by atoms with Crippen molar-refractivity contribution in [2.45, 2.75) is 32.6 Å². The van der Waals surface area contributed by atoms with E-state index in [4.69, 9.17) is 4.74 Å². The van der Waals surface area contributed by atoms with Gasteiger partial charge in [-0.2, -0.15) is 0 Å². The molecule has 2 aromatic rings. The smallest absolute Gasteiger partial charge is 0.308 e. The molecule has 39 heavy (non-hydrogen) atoms. The van der Waals surface area contributed by atoms with Crippen molar-refractivity contribution in [1.82, 2.24) is 15.1 Å². The molecule has 1 fully saturated rings. The van der Waals surface area contributed by atoms with Crippen LogP contribution in [0.4, 0.5) is 5.69 Å². The molecule has 4 rings (SSSR count). The molecule has 2 heterocycles. The molecule has 0 saturated carbocycles. The van der Waals surface area contributed by atoms with Crippen molar-refractivity contribution in [2.75, 3.05) is 26.2 Å².